The first-order chi connectivity index (χ1) is 7.81. The third-order valence-corrected chi connectivity index (χ3v) is 3.85. The van der Waals surface area contributed by atoms with E-state index in [0.717, 1.165) is 12.6 Å². The highest BCUT2D eigenvalue weighted by Crippen LogP contribution is 2.25. The molecule has 1 heterocycles. The van der Waals surface area contributed by atoms with Crippen LogP contribution in [0.25, 0.3) is 0 Å². The highest BCUT2D eigenvalue weighted by molar-refractivity contribution is 5.55. The van der Waals surface area contributed by atoms with Gasteiger partial charge in [-0.1, -0.05) is 18.6 Å². The predicted molar refractivity (Wildman–Crippen MR) is 67.9 cm³/mol. The Bertz CT molecular complexity index is 382. The van der Waals surface area contributed by atoms with Crippen molar-refractivity contribution in [1.82, 2.24) is 5.32 Å². The van der Waals surface area contributed by atoms with Crippen LogP contribution < -0.4 is 10.6 Å². The molecule has 0 bridgehead atoms. The largest absolute Gasteiger partial charge is 0.383 e. The standard InChI is InChI=1S/C14H20N2/c1-10-5-6-11-8-13(9-15-14(11)7-10)16-12-3-2-4-12/h5-7,12-13,15-16H,2-4,8-9H2,1H3. The molecule has 3 rings (SSSR count). The average Bonchev–Trinajstić information content (AvgIpc) is 2.23. The lowest BCUT2D eigenvalue weighted by Gasteiger charge is -2.34. The number of rotatable bonds is 2. The maximum Gasteiger partial charge on any atom is 0.0376 e. The smallest absolute Gasteiger partial charge is 0.0376 e. The molecule has 2 N–H and O–H groups in total. The first-order valence-corrected chi connectivity index (χ1v) is 6.41. The zero-order chi connectivity index (χ0) is 11.0. The van der Waals surface area contributed by atoms with Crippen LogP contribution in [-0.2, 0) is 6.42 Å². The third kappa shape index (κ3) is 1.94. The molecule has 1 aromatic rings. The molecule has 1 atom stereocenters. The van der Waals surface area contributed by atoms with Gasteiger partial charge in [0.15, 0.2) is 0 Å². The molecular formula is C14H20N2. The predicted octanol–water partition coefficient (Wildman–Crippen LogP) is 2.47. The number of nitrogens with one attached hydrogen (secondary N) is 2. The van der Waals surface area contributed by atoms with Crippen LogP contribution in [0, 0.1) is 6.92 Å². The highest BCUT2D eigenvalue weighted by atomic mass is 15.0. The van der Waals surface area contributed by atoms with Gasteiger partial charge < -0.3 is 10.6 Å². The Balaban J connectivity index is 1.68. The lowest BCUT2D eigenvalue weighted by atomic mass is 9.90. The third-order valence-electron chi connectivity index (χ3n) is 3.85. The lowest BCUT2D eigenvalue weighted by Crippen LogP contribution is -2.48. The summed E-state index contributed by atoms with van der Waals surface area (Å²) in [6.07, 6.45) is 5.33. The second-order valence-corrected chi connectivity index (χ2v) is 5.24. The van der Waals surface area contributed by atoms with Gasteiger partial charge in [0.2, 0.25) is 0 Å². The number of hydrogen-bond acceptors (Lipinski definition) is 2. The molecule has 0 radical (unpaired) electrons. The number of fused-ring (bicyclic) bond motifs is 1. The summed E-state index contributed by atoms with van der Waals surface area (Å²) in [7, 11) is 0. The van der Waals surface area contributed by atoms with E-state index in [0.29, 0.717) is 6.04 Å². The average molecular weight is 216 g/mol. The minimum Gasteiger partial charge on any atom is -0.383 e. The van der Waals surface area contributed by atoms with Crippen LogP contribution in [0.15, 0.2) is 18.2 Å². The summed E-state index contributed by atoms with van der Waals surface area (Å²) in [5.74, 6) is 0. The van der Waals surface area contributed by atoms with E-state index in [1.807, 2.05) is 0 Å². The van der Waals surface area contributed by atoms with Gasteiger partial charge in [-0.2, -0.15) is 0 Å². The van der Waals surface area contributed by atoms with Gasteiger partial charge in [-0.05, 0) is 43.4 Å². The molecule has 0 aromatic heterocycles. The van der Waals surface area contributed by atoms with E-state index in [9.17, 15) is 0 Å². The SMILES string of the molecule is Cc1ccc2c(c1)NCC(NC1CCC1)C2. The van der Waals surface area contributed by atoms with Gasteiger partial charge in [0, 0.05) is 24.3 Å². The Hall–Kier alpha value is -1.02. The van der Waals surface area contributed by atoms with E-state index in [2.05, 4.69) is 35.8 Å². The van der Waals surface area contributed by atoms with Crippen LogP contribution in [-0.4, -0.2) is 18.6 Å². The molecule has 2 heteroatoms. The fourth-order valence-electron chi connectivity index (χ4n) is 2.63. The Morgan fingerprint density at radius 1 is 1.25 bits per heavy atom. The van der Waals surface area contributed by atoms with Crippen molar-refractivity contribution in [3.05, 3.63) is 29.3 Å². The van der Waals surface area contributed by atoms with Gasteiger partial charge >= 0.3 is 0 Å². The Morgan fingerprint density at radius 2 is 2.12 bits per heavy atom. The molecule has 1 unspecified atom stereocenters. The molecule has 1 fully saturated rings. The summed E-state index contributed by atoms with van der Waals surface area (Å²) < 4.78 is 0. The van der Waals surface area contributed by atoms with Crippen LogP contribution >= 0.6 is 0 Å². The van der Waals surface area contributed by atoms with Crippen molar-refractivity contribution in [2.75, 3.05) is 11.9 Å². The summed E-state index contributed by atoms with van der Waals surface area (Å²) in [4.78, 5) is 0. The summed E-state index contributed by atoms with van der Waals surface area (Å²) >= 11 is 0. The van der Waals surface area contributed by atoms with E-state index in [4.69, 9.17) is 0 Å². The van der Waals surface area contributed by atoms with E-state index in [1.165, 1.54) is 42.5 Å². The number of benzene rings is 1. The maximum absolute atomic E-state index is 3.75. The lowest BCUT2D eigenvalue weighted by molar-refractivity contribution is 0.304. The summed E-state index contributed by atoms with van der Waals surface area (Å²) in [6, 6.07) is 8.16. The van der Waals surface area contributed by atoms with Crippen molar-refractivity contribution in [2.24, 2.45) is 0 Å². The number of hydrogen-bond donors (Lipinski definition) is 2. The van der Waals surface area contributed by atoms with E-state index in [1.54, 1.807) is 0 Å². The molecule has 1 aromatic carbocycles. The first-order valence-electron chi connectivity index (χ1n) is 6.41. The molecule has 0 spiro atoms. The Labute approximate surface area is 97.4 Å². The Kier molecular flexibility index (Phi) is 2.60. The van der Waals surface area contributed by atoms with Gasteiger partial charge in [-0.3, -0.25) is 0 Å². The molecule has 16 heavy (non-hydrogen) atoms. The zero-order valence-electron chi connectivity index (χ0n) is 9.92. The molecule has 86 valence electrons. The molecule has 1 saturated carbocycles. The number of anilines is 1. The minimum absolute atomic E-state index is 0.625. The van der Waals surface area contributed by atoms with Crippen LogP contribution in [0.2, 0.25) is 0 Å². The van der Waals surface area contributed by atoms with Gasteiger partial charge in [0.1, 0.15) is 0 Å². The summed E-state index contributed by atoms with van der Waals surface area (Å²) in [5, 5.41) is 7.29. The summed E-state index contributed by atoms with van der Waals surface area (Å²) in [5.41, 5.74) is 4.15. The fraction of sp³-hybridized carbons (Fsp3) is 0.571. The van der Waals surface area contributed by atoms with E-state index < -0.39 is 0 Å². The van der Waals surface area contributed by atoms with Gasteiger partial charge in [0.25, 0.3) is 0 Å². The van der Waals surface area contributed by atoms with Gasteiger partial charge in [0.05, 0.1) is 0 Å². The summed E-state index contributed by atoms with van der Waals surface area (Å²) in [6.45, 7) is 3.23. The van der Waals surface area contributed by atoms with E-state index in [-0.39, 0.29) is 0 Å². The maximum atomic E-state index is 3.75. The van der Waals surface area contributed by atoms with Crippen molar-refractivity contribution in [2.45, 2.75) is 44.7 Å². The van der Waals surface area contributed by atoms with Crippen molar-refractivity contribution < 1.29 is 0 Å². The first kappa shape index (κ1) is 10.2. The second kappa shape index (κ2) is 4.10. The molecule has 0 amide bonds. The topological polar surface area (TPSA) is 24.1 Å². The second-order valence-electron chi connectivity index (χ2n) is 5.24. The fourth-order valence-corrected chi connectivity index (χ4v) is 2.63. The molecule has 2 aliphatic rings. The normalized spacial score (nSPS) is 24.4. The molecule has 1 aliphatic heterocycles. The molecule has 2 nitrogen and oxygen atoms in total. The van der Waals surface area contributed by atoms with Crippen molar-refractivity contribution in [3.63, 3.8) is 0 Å². The van der Waals surface area contributed by atoms with Crippen LogP contribution in [0.5, 0.6) is 0 Å². The van der Waals surface area contributed by atoms with Crippen LogP contribution in [0.3, 0.4) is 0 Å². The van der Waals surface area contributed by atoms with Crippen LogP contribution in [0.4, 0.5) is 5.69 Å². The van der Waals surface area contributed by atoms with Crippen molar-refractivity contribution >= 4 is 5.69 Å². The monoisotopic (exact) mass is 216 g/mol. The quantitative estimate of drug-likeness (QED) is 0.793. The van der Waals surface area contributed by atoms with Gasteiger partial charge in [-0.25, -0.2) is 0 Å². The van der Waals surface area contributed by atoms with Crippen molar-refractivity contribution in [3.8, 4) is 0 Å². The minimum atomic E-state index is 0.625. The highest BCUT2D eigenvalue weighted by Gasteiger charge is 2.24. The van der Waals surface area contributed by atoms with Crippen LogP contribution in [0.1, 0.15) is 30.4 Å². The van der Waals surface area contributed by atoms with Crippen molar-refractivity contribution in [1.29, 1.82) is 0 Å². The van der Waals surface area contributed by atoms with E-state index >= 15 is 0 Å². The molecule has 0 saturated heterocycles. The molecule has 1 aliphatic carbocycles. The Morgan fingerprint density at radius 3 is 2.88 bits per heavy atom. The van der Waals surface area contributed by atoms with Gasteiger partial charge in [-0.15, -0.1) is 0 Å². The number of aryl methyl sites for hydroxylation is 1. The molecular weight excluding hydrogens is 196 g/mol. The zero-order valence-corrected chi connectivity index (χ0v) is 9.92.